The molecule has 3 rings (SSSR count). The lowest BCUT2D eigenvalue weighted by atomic mass is 9.85. The van der Waals surface area contributed by atoms with Crippen LogP contribution in [0, 0.1) is 12.8 Å². The number of carbonyl (C=O) groups is 1. The van der Waals surface area contributed by atoms with Gasteiger partial charge in [-0.25, -0.2) is 9.97 Å². The summed E-state index contributed by atoms with van der Waals surface area (Å²) in [6.07, 6.45) is 7.82. The molecule has 20 heavy (non-hydrogen) atoms. The SMILES string of the molecule is Cc1nccc(CNC(=O)C2CC3CCCCC3N2)n1. The first-order valence-corrected chi connectivity index (χ1v) is 7.54. The average Bonchev–Trinajstić information content (AvgIpc) is 2.89. The normalized spacial score (nSPS) is 28.9. The van der Waals surface area contributed by atoms with E-state index in [-0.39, 0.29) is 11.9 Å². The number of hydrogen-bond donors (Lipinski definition) is 2. The van der Waals surface area contributed by atoms with Gasteiger partial charge >= 0.3 is 0 Å². The van der Waals surface area contributed by atoms with Crippen molar-refractivity contribution in [2.75, 3.05) is 0 Å². The summed E-state index contributed by atoms with van der Waals surface area (Å²) in [5.74, 6) is 1.54. The maximum atomic E-state index is 12.2. The van der Waals surface area contributed by atoms with E-state index in [0.29, 0.717) is 18.5 Å². The van der Waals surface area contributed by atoms with Crippen LogP contribution in [-0.4, -0.2) is 28.0 Å². The van der Waals surface area contributed by atoms with Crippen molar-refractivity contribution < 1.29 is 4.79 Å². The van der Waals surface area contributed by atoms with Gasteiger partial charge in [0.1, 0.15) is 5.82 Å². The smallest absolute Gasteiger partial charge is 0.237 e. The molecule has 2 fully saturated rings. The molecule has 1 aromatic rings. The van der Waals surface area contributed by atoms with Crippen molar-refractivity contribution >= 4 is 5.91 Å². The molecule has 1 aliphatic heterocycles. The molecule has 3 unspecified atom stereocenters. The molecule has 2 heterocycles. The highest BCUT2D eigenvalue weighted by Crippen LogP contribution is 2.33. The van der Waals surface area contributed by atoms with Gasteiger partial charge in [-0.15, -0.1) is 0 Å². The van der Waals surface area contributed by atoms with Crippen LogP contribution in [0.25, 0.3) is 0 Å². The summed E-state index contributed by atoms with van der Waals surface area (Å²) in [5, 5.41) is 6.48. The molecule has 1 saturated heterocycles. The summed E-state index contributed by atoms with van der Waals surface area (Å²) in [5.41, 5.74) is 0.862. The third-order valence-electron chi connectivity index (χ3n) is 4.46. The van der Waals surface area contributed by atoms with Crippen LogP contribution in [0.3, 0.4) is 0 Å². The van der Waals surface area contributed by atoms with Gasteiger partial charge in [-0.3, -0.25) is 4.79 Å². The summed E-state index contributed by atoms with van der Waals surface area (Å²) in [6, 6.07) is 2.38. The van der Waals surface area contributed by atoms with Crippen molar-refractivity contribution in [2.24, 2.45) is 5.92 Å². The van der Waals surface area contributed by atoms with Crippen LogP contribution in [0.1, 0.15) is 43.6 Å². The monoisotopic (exact) mass is 274 g/mol. The van der Waals surface area contributed by atoms with Crippen molar-refractivity contribution in [1.29, 1.82) is 0 Å². The minimum Gasteiger partial charge on any atom is -0.349 e. The van der Waals surface area contributed by atoms with E-state index in [2.05, 4.69) is 20.6 Å². The summed E-state index contributed by atoms with van der Waals surface area (Å²) >= 11 is 0. The maximum Gasteiger partial charge on any atom is 0.237 e. The first kappa shape index (κ1) is 13.5. The number of rotatable bonds is 3. The van der Waals surface area contributed by atoms with Gasteiger partial charge in [-0.1, -0.05) is 12.8 Å². The van der Waals surface area contributed by atoms with Crippen LogP contribution < -0.4 is 10.6 Å². The summed E-state index contributed by atoms with van der Waals surface area (Å²) in [6.45, 7) is 2.34. The zero-order valence-electron chi connectivity index (χ0n) is 11.9. The van der Waals surface area contributed by atoms with Gasteiger partial charge in [0.05, 0.1) is 18.3 Å². The van der Waals surface area contributed by atoms with Gasteiger partial charge < -0.3 is 10.6 Å². The van der Waals surface area contributed by atoms with Crippen molar-refractivity contribution in [1.82, 2.24) is 20.6 Å². The maximum absolute atomic E-state index is 12.2. The van der Waals surface area contributed by atoms with Crippen molar-refractivity contribution in [3.05, 3.63) is 23.8 Å². The number of aromatic nitrogens is 2. The second-order valence-corrected chi connectivity index (χ2v) is 5.92. The van der Waals surface area contributed by atoms with Gasteiger partial charge in [0.2, 0.25) is 5.91 Å². The zero-order chi connectivity index (χ0) is 13.9. The van der Waals surface area contributed by atoms with Crippen molar-refractivity contribution in [3.8, 4) is 0 Å². The van der Waals surface area contributed by atoms with Gasteiger partial charge in [-0.05, 0) is 38.2 Å². The Kier molecular flexibility index (Phi) is 3.96. The number of fused-ring (bicyclic) bond motifs is 1. The fourth-order valence-corrected chi connectivity index (χ4v) is 3.43. The second kappa shape index (κ2) is 5.87. The quantitative estimate of drug-likeness (QED) is 0.872. The molecule has 5 heteroatoms. The average molecular weight is 274 g/mol. The highest BCUT2D eigenvalue weighted by Gasteiger charge is 2.37. The second-order valence-electron chi connectivity index (χ2n) is 5.92. The topological polar surface area (TPSA) is 66.9 Å². The molecular formula is C15H22N4O. The Morgan fingerprint density at radius 1 is 1.45 bits per heavy atom. The van der Waals surface area contributed by atoms with Crippen LogP contribution in [-0.2, 0) is 11.3 Å². The predicted octanol–water partition coefficient (Wildman–Crippen LogP) is 1.32. The van der Waals surface area contributed by atoms with E-state index in [1.54, 1.807) is 6.20 Å². The lowest BCUT2D eigenvalue weighted by molar-refractivity contribution is -0.123. The molecule has 2 aliphatic rings. The summed E-state index contributed by atoms with van der Waals surface area (Å²) < 4.78 is 0. The minimum atomic E-state index is -0.0222. The highest BCUT2D eigenvalue weighted by molar-refractivity contribution is 5.82. The van der Waals surface area contributed by atoms with E-state index in [0.717, 1.165) is 17.9 Å². The molecule has 1 aliphatic carbocycles. The molecule has 0 aromatic carbocycles. The lowest BCUT2D eigenvalue weighted by Gasteiger charge is -2.24. The number of nitrogens with one attached hydrogen (secondary N) is 2. The van der Waals surface area contributed by atoms with Gasteiger partial charge in [0.15, 0.2) is 0 Å². The number of aryl methyl sites for hydroxylation is 1. The first-order chi connectivity index (χ1) is 9.72. The molecular weight excluding hydrogens is 252 g/mol. The molecule has 1 saturated carbocycles. The molecule has 0 spiro atoms. The van der Waals surface area contributed by atoms with E-state index in [4.69, 9.17) is 0 Å². The lowest BCUT2D eigenvalue weighted by Crippen LogP contribution is -2.43. The highest BCUT2D eigenvalue weighted by atomic mass is 16.2. The van der Waals surface area contributed by atoms with E-state index < -0.39 is 0 Å². The van der Waals surface area contributed by atoms with Crippen molar-refractivity contribution in [3.63, 3.8) is 0 Å². The van der Waals surface area contributed by atoms with E-state index in [1.807, 2.05) is 13.0 Å². The molecule has 5 nitrogen and oxygen atoms in total. The van der Waals surface area contributed by atoms with Crippen LogP contribution in [0.5, 0.6) is 0 Å². The summed E-state index contributed by atoms with van der Waals surface area (Å²) in [4.78, 5) is 20.6. The Labute approximate surface area is 119 Å². The minimum absolute atomic E-state index is 0.0222. The fourth-order valence-electron chi connectivity index (χ4n) is 3.43. The molecule has 108 valence electrons. The van der Waals surface area contributed by atoms with Crippen molar-refractivity contribution in [2.45, 2.75) is 57.7 Å². The van der Waals surface area contributed by atoms with Crippen LogP contribution >= 0.6 is 0 Å². The summed E-state index contributed by atoms with van der Waals surface area (Å²) in [7, 11) is 0. The molecule has 0 radical (unpaired) electrons. The van der Waals surface area contributed by atoms with Gasteiger partial charge in [0, 0.05) is 12.2 Å². The third-order valence-corrected chi connectivity index (χ3v) is 4.46. The number of carbonyl (C=O) groups excluding carboxylic acids is 1. The molecule has 0 bridgehead atoms. The van der Waals surface area contributed by atoms with E-state index >= 15 is 0 Å². The Hall–Kier alpha value is -1.49. The Balaban J connectivity index is 1.52. The fraction of sp³-hybridized carbons (Fsp3) is 0.667. The van der Waals surface area contributed by atoms with Crippen LogP contribution in [0.4, 0.5) is 0 Å². The molecule has 1 amide bonds. The standard InChI is InChI=1S/C15H22N4O/c1-10-16-7-6-12(18-10)9-17-15(20)14-8-11-4-2-3-5-13(11)19-14/h6-7,11,13-14,19H,2-5,8-9H2,1H3,(H,17,20). The Bertz CT molecular complexity index is 477. The van der Waals surface area contributed by atoms with Gasteiger partial charge in [0.25, 0.3) is 0 Å². The van der Waals surface area contributed by atoms with E-state index in [1.165, 1.54) is 25.7 Å². The predicted molar refractivity (Wildman–Crippen MR) is 75.9 cm³/mol. The van der Waals surface area contributed by atoms with Crippen LogP contribution in [0.15, 0.2) is 12.3 Å². The Morgan fingerprint density at radius 3 is 3.10 bits per heavy atom. The first-order valence-electron chi connectivity index (χ1n) is 7.54. The largest absolute Gasteiger partial charge is 0.349 e. The number of hydrogen-bond acceptors (Lipinski definition) is 4. The zero-order valence-corrected chi connectivity index (χ0v) is 11.9. The number of nitrogens with zero attached hydrogens (tertiary/aromatic N) is 2. The van der Waals surface area contributed by atoms with Gasteiger partial charge in [-0.2, -0.15) is 0 Å². The van der Waals surface area contributed by atoms with Crippen LogP contribution in [0.2, 0.25) is 0 Å². The Morgan fingerprint density at radius 2 is 2.30 bits per heavy atom. The molecule has 1 aromatic heterocycles. The number of amides is 1. The molecule has 2 N–H and O–H groups in total. The molecule has 3 atom stereocenters. The third kappa shape index (κ3) is 2.98. The van der Waals surface area contributed by atoms with E-state index in [9.17, 15) is 4.79 Å².